The molecule has 1 aliphatic heterocycles. The topological polar surface area (TPSA) is 72.1 Å². The average molecular weight is 366 g/mol. The van der Waals surface area contributed by atoms with Crippen molar-refractivity contribution in [3.63, 3.8) is 0 Å². The minimum Gasteiger partial charge on any atom is -0.369 e. The smallest absolute Gasteiger partial charge is 0.222 e. The van der Waals surface area contributed by atoms with E-state index in [0.29, 0.717) is 12.6 Å². The maximum absolute atomic E-state index is 11.7. The van der Waals surface area contributed by atoms with E-state index in [1.807, 2.05) is 0 Å². The van der Waals surface area contributed by atoms with Crippen LogP contribution in [0, 0.1) is 12.8 Å². The standard InChI is InChI=1S/C20H22N4OS/c1-12-3-6-14(7-4-12)16-10-26-20-17(16)19(22-11-23-20)24-9-15(18(21)25)8-5-13(24)2/h3-4,6-7,10-11,13,15H,5,8-9H2,1-2H3,(H2,21,25)/t13-,15+/m0/s1. The lowest BCUT2D eigenvalue weighted by Gasteiger charge is -2.38. The second-order valence-electron chi connectivity index (χ2n) is 7.07. The molecule has 3 aromatic rings. The van der Waals surface area contributed by atoms with Gasteiger partial charge in [-0.05, 0) is 32.3 Å². The Balaban J connectivity index is 1.83. The van der Waals surface area contributed by atoms with Crippen molar-refractivity contribution in [1.29, 1.82) is 0 Å². The van der Waals surface area contributed by atoms with Gasteiger partial charge in [0.15, 0.2) is 0 Å². The fourth-order valence-electron chi connectivity index (χ4n) is 3.66. The molecule has 1 saturated heterocycles. The highest BCUT2D eigenvalue weighted by atomic mass is 32.1. The Morgan fingerprint density at radius 3 is 2.73 bits per heavy atom. The third-order valence-corrected chi connectivity index (χ3v) is 6.16. The normalized spacial score (nSPS) is 20.5. The first-order valence-corrected chi connectivity index (χ1v) is 9.77. The van der Waals surface area contributed by atoms with Crippen LogP contribution in [-0.4, -0.2) is 28.5 Å². The summed E-state index contributed by atoms with van der Waals surface area (Å²) in [6.45, 7) is 4.89. The minimum atomic E-state index is -0.226. The highest BCUT2D eigenvalue weighted by Gasteiger charge is 2.31. The molecule has 2 N–H and O–H groups in total. The first-order valence-electron chi connectivity index (χ1n) is 8.90. The largest absolute Gasteiger partial charge is 0.369 e. The summed E-state index contributed by atoms with van der Waals surface area (Å²) in [5.74, 6) is 0.555. The van der Waals surface area contributed by atoms with Crippen LogP contribution >= 0.6 is 11.3 Å². The summed E-state index contributed by atoms with van der Waals surface area (Å²) in [5.41, 5.74) is 9.13. The molecule has 1 amide bonds. The van der Waals surface area contributed by atoms with E-state index in [4.69, 9.17) is 5.73 Å². The lowest BCUT2D eigenvalue weighted by atomic mass is 9.92. The van der Waals surface area contributed by atoms with Crippen molar-refractivity contribution in [1.82, 2.24) is 9.97 Å². The molecule has 0 spiro atoms. The van der Waals surface area contributed by atoms with Gasteiger partial charge in [-0.3, -0.25) is 4.79 Å². The van der Waals surface area contributed by atoms with Crippen LogP contribution in [0.5, 0.6) is 0 Å². The summed E-state index contributed by atoms with van der Waals surface area (Å²) in [5, 5.41) is 3.21. The van der Waals surface area contributed by atoms with E-state index >= 15 is 0 Å². The number of fused-ring (bicyclic) bond motifs is 1. The SMILES string of the molecule is Cc1ccc(-c2csc3ncnc(N4C[C@H](C(N)=O)CC[C@@H]4C)c23)cc1. The van der Waals surface area contributed by atoms with Gasteiger partial charge in [0, 0.05) is 23.5 Å². The quantitative estimate of drug-likeness (QED) is 0.766. The summed E-state index contributed by atoms with van der Waals surface area (Å²) < 4.78 is 0. The number of amides is 1. The van der Waals surface area contributed by atoms with Crippen LogP contribution < -0.4 is 10.6 Å². The summed E-state index contributed by atoms with van der Waals surface area (Å²) in [6, 6.07) is 8.83. The van der Waals surface area contributed by atoms with Gasteiger partial charge >= 0.3 is 0 Å². The first-order chi connectivity index (χ1) is 12.5. The van der Waals surface area contributed by atoms with Gasteiger partial charge in [-0.25, -0.2) is 9.97 Å². The maximum atomic E-state index is 11.7. The number of carbonyl (C=O) groups is 1. The molecule has 134 valence electrons. The van der Waals surface area contributed by atoms with Gasteiger partial charge in [0.2, 0.25) is 5.91 Å². The first kappa shape index (κ1) is 17.0. The number of aromatic nitrogens is 2. The van der Waals surface area contributed by atoms with Crippen LogP contribution in [0.15, 0.2) is 36.0 Å². The van der Waals surface area contributed by atoms with Gasteiger partial charge in [-0.15, -0.1) is 11.3 Å². The molecule has 0 bridgehead atoms. The minimum absolute atomic E-state index is 0.127. The van der Waals surface area contributed by atoms with Crippen molar-refractivity contribution in [2.24, 2.45) is 11.7 Å². The Bertz CT molecular complexity index is 950. The van der Waals surface area contributed by atoms with E-state index in [-0.39, 0.29) is 11.8 Å². The monoisotopic (exact) mass is 366 g/mol. The summed E-state index contributed by atoms with van der Waals surface area (Å²) in [6.07, 6.45) is 3.40. The molecule has 2 aromatic heterocycles. The van der Waals surface area contributed by atoms with E-state index in [1.54, 1.807) is 17.7 Å². The van der Waals surface area contributed by atoms with E-state index in [9.17, 15) is 4.79 Å². The van der Waals surface area contributed by atoms with Gasteiger partial charge in [0.1, 0.15) is 17.0 Å². The number of nitrogens with two attached hydrogens (primary N) is 1. The number of rotatable bonds is 3. The van der Waals surface area contributed by atoms with Gasteiger partial charge in [-0.1, -0.05) is 29.8 Å². The lowest BCUT2D eigenvalue weighted by molar-refractivity contribution is -0.122. The molecule has 1 fully saturated rings. The van der Waals surface area contributed by atoms with Gasteiger partial charge < -0.3 is 10.6 Å². The highest BCUT2D eigenvalue weighted by Crippen LogP contribution is 2.39. The van der Waals surface area contributed by atoms with Crippen LogP contribution in [0.2, 0.25) is 0 Å². The summed E-state index contributed by atoms with van der Waals surface area (Å²) >= 11 is 1.63. The fourth-order valence-corrected chi connectivity index (χ4v) is 4.57. The van der Waals surface area contributed by atoms with E-state index < -0.39 is 0 Å². The molecular weight excluding hydrogens is 344 g/mol. The second-order valence-corrected chi connectivity index (χ2v) is 7.93. The van der Waals surface area contributed by atoms with E-state index in [2.05, 4.69) is 58.4 Å². The Kier molecular flexibility index (Phi) is 4.36. The molecule has 1 aliphatic rings. The molecule has 1 aromatic carbocycles. The fraction of sp³-hybridized carbons (Fsp3) is 0.350. The molecule has 0 saturated carbocycles. The molecule has 0 unspecified atom stereocenters. The van der Waals surface area contributed by atoms with Crippen LogP contribution in [0.1, 0.15) is 25.3 Å². The third kappa shape index (κ3) is 2.94. The Morgan fingerprint density at radius 1 is 1.23 bits per heavy atom. The molecule has 6 heteroatoms. The van der Waals surface area contributed by atoms with Crippen molar-refractivity contribution < 1.29 is 4.79 Å². The van der Waals surface area contributed by atoms with Gasteiger partial charge in [0.05, 0.1) is 11.3 Å². The molecule has 0 aliphatic carbocycles. The number of benzene rings is 1. The lowest BCUT2D eigenvalue weighted by Crippen LogP contribution is -2.46. The average Bonchev–Trinajstić information content (AvgIpc) is 3.07. The number of hydrogen-bond donors (Lipinski definition) is 1. The van der Waals surface area contributed by atoms with Crippen LogP contribution in [-0.2, 0) is 4.79 Å². The summed E-state index contributed by atoms with van der Waals surface area (Å²) in [4.78, 5) is 24.0. The molecule has 26 heavy (non-hydrogen) atoms. The summed E-state index contributed by atoms with van der Waals surface area (Å²) in [7, 11) is 0. The van der Waals surface area contributed by atoms with Crippen molar-refractivity contribution in [2.45, 2.75) is 32.7 Å². The van der Waals surface area contributed by atoms with Crippen LogP contribution in [0.3, 0.4) is 0 Å². The Hall–Kier alpha value is -2.47. The van der Waals surface area contributed by atoms with E-state index in [0.717, 1.165) is 40.0 Å². The van der Waals surface area contributed by atoms with Crippen molar-refractivity contribution >= 4 is 33.3 Å². The second kappa shape index (κ2) is 6.68. The molecule has 3 heterocycles. The van der Waals surface area contributed by atoms with Crippen molar-refractivity contribution in [2.75, 3.05) is 11.4 Å². The number of thiophene rings is 1. The highest BCUT2D eigenvalue weighted by molar-refractivity contribution is 7.17. The molecule has 4 rings (SSSR count). The zero-order valence-corrected chi connectivity index (χ0v) is 15.8. The van der Waals surface area contributed by atoms with Gasteiger partial charge in [-0.2, -0.15) is 0 Å². The number of nitrogens with zero attached hydrogens (tertiary/aromatic N) is 3. The predicted molar refractivity (Wildman–Crippen MR) is 106 cm³/mol. The van der Waals surface area contributed by atoms with Crippen LogP contribution in [0.4, 0.5) is 5.82 Å². The van der Waals surface area contributed by atoms with Crippen LogP contribution in [0.25, 0.3) is 21.3 Å². The van der Waals surface area contributed by atoms with Crippen molar-refractivity contribution in [3.05, 3.63) is 41.5 Å². The van der Waals surface area contributed by atoms with Gasteiger partial charge in [0.25, 0.3) is 0 Å². The molecular formula is C20H22N4OS. The molecule has 5 nitrogen and oxygen atoms in total. The third-order valence-electron chi connectivity index (χ3n) is 5.27. The zero-order valence-electron chi connectivity index (χ0n) is 15.0. The number of piperidine rings is 1. The Morgan fingerprint density at radius 2 is 2.00 bits per heavy atom. The number of aryl methyl sites for hydroxylation is 1. The van der Waals surface area contributed by atoms with E-state index in [1.165, 1.54) is 5.56 Å². The number of anilines is 1. The maximum Gasteiger partial charge on any atom is 0.222 e. The molecule has 2 atom stereocenters. The number of hydrogen-bond acceptors (Lipinski definition) is 5. The zero-order chi connectivity index (χ0) is 18.3. The Labute approximate surface area is 156 Å². The number of carbonyl (C=O) groups excluding carboxylic acids is 1. The molecule has 0 radical (unpaired) electrons. The number of primary amides is 1. The van der Waals surface area contributed by atoms with Crippen molar-refractivity contribution in [3.8, 4) is 11.1 Å². The predicted octanol–water partition coefficient (Wildman–Crippen LogP) is 3.76.